The SMILES string of the molecule is Cc1cc(C)c(C2CCNCC2)cc1CC(C)C. The molecule has 1 aromatic carbocycles. The van der Waals surface area contributed by atoms with E-state index < -0.39 is 0 Å². The normalized spacial score (nSPS) is 17.4. The smallest absolute Gasteiger partial charge is 0.00431 e. The van der Waals surface area contributed by atoms with Crippen molar-refractivity contribution in [3.63, 3.8) is 0 Å². The van der Waals surface area contributed by atoms with Crippen LogP contribution in [0.15, 0.2) is 12.1 Å². The number of piperidine rings is 1. The van der Waals surface area contributed by atoms with Gasteiger partial charge in [-0.1, -0.05) is 26.0 Å². The maximum Gasteiger partial charge on any atom is -0.00431 e. The molecule has 0 radical (unpaired) electrons. The molecule has 1 saturated heterocycles. The molecule has 2 rings (SSSR count). The second-order valence-corrected chi connectivity index (χ2v) is 6.26. The number of nitrogens with one attached hydrogen (secondary N) is 1. The fourth-order valence-electron chi connectivity index (χ4n) is 3.15. The van der Waals surface area contributed by atoms with E-state index in [1.54, 1.807) is 11.1 Å². The van der Waals surface area contributed by atoms with Crippen LogP contribution < -0.4 is 5.32 Å². The van der Waals surface area contributed by atoms with Gasteiger partial charge in [-0.3, -0.25) is 0 Å². The van der Waals surface area contributed by atoms with Crippen molar-refractivity contribution in [1.29, 1.82) is 0 Å². The zero-order valence-electron chi connectivity index (χ0n) is 12.3. The Balaban J connectivity index is 2.28. The largest absolute Gasteiger partial charge is 0.317 e. The molecule has 0 aliphatic carbocycles. The minimum absolute atomic E-state index is 0.743. The molecule has 100 valence electrons. The molecule has 0 spiro atoms. The summed E-state index contributed by atoms with van der Waals surface area (Å²) in [6.07, 6.45) is 3.81. The molecule has 1 aliphatic rings. The molecule has 18 heavy (non-hydrogen) atoms. The fraction of sp³-hybridized carbons (Fsp3) is 0.647. The quantitative estimate of drug-likeness (QED) is 0.849. The first kappa shape index (κ1) is 13.6. The maximum atomic E-state index is 3.46. The zero-order valence-corrected chi connectivity index (χ0v) is 12.3. The van der Waals surface area contributed by atoms with E-state index >= 15 is 0 Å². The molecule has 0 atom stereocenters. The molecular weight excluding hydrogens is 218 g/mol. The Bertz CT molecular complexity index is 400. The van der Waals surface area contributed by atoms with Crippen LogP contribution in [-0.4, -0.2) is 13.1 Å². The Hall–Kier alpha value is -0.820. The Morgan fingerprint density at radius 3 is 2.39 bits per heavy atom. The summed E-state index contributed by atoms with van der Waals surface area (Å²) in [5.74, 6) is 1.52. The average molecular weight is 245 g/mol. The lowest BCUT2D eigenvalue weighted by molar-refractivity contribution is 0.458. The minimum Gasteiger partial charge on any atom is -0.317 e. The van der Waals surface area contributed by atoms with Gasteiger partial charge in [-0.25, -0.2) is 0 Å². The zero-order chi connectivity index (χ0) is 13.1. The predicted octanol–water partition coefficient (Wildman–Crippen LogP) is 3.97. The Morgan fingerprint density at radius 1 is 1.11 bits per heavy atom. The van der Waals surface area contributed by atoms with Gasteiger partial charge in [0, 0.05) is 0 Å². The van der Waals surface area contributed by atoms with Crippen LogP contribution in [0, 0.1) is 19.8 Å². The standard InChI is InChI=1S/C17H27N/c1-12(2)9-16-11-17(14(4)10-13(16)3)15-5-7-18-8-6-15/h10-12,15,18H,5-9H2,1-4H3. The molecule has 1 nitrogen and oxygen atoms in total. The molecule has 1 fully saturated rings. The average Bonchev–Trinajstić information content (AvgIpc) is 2.33. The van der Waals surface area contributed by atoms with Gasteiger partial charge in [0.05, 0.1) is 0 Å². The molecule has 1 heterocycles. The molecule has 0 amide bonds. The van der Waals surface area contributed by atoms with E-state index in [1.165, 1.54) is 43.5 Å². The summed E-state index contributed by atoms with van der Waals surface area (Å²) in [5.41, 5.74) is 6.13. The van der Waals surface area contributed by atoms with Gasteiger partial charge in [-0.05, 0) is 80.3 Å². The molecule has 0 bridgehead atoms. The third kappa shape index (κ3) is 3.14. The monoisotopic (exact) mass is 245 g/mol. The van der Waals surface area contributed by atoms with Gasteiger partial charge in [-0.2, -0.15) is 0 Å². The Labute approximate surface area is 112 Å². The number of benzene rings is 1. The summed E-state index contributed by atoms with van der Waals surface area (Å²) < 4.78 is 0. The van der Waals surface area contributed by atoms with Crippen LogP contribution in [0.4, 0.5) is 0 Å². The lowest BCUT2D eigenvalue weighted by atomic mass is 9.84. The van der Waals surface area contributed by atoms with E-state index in [1.807, 2.05) is 0 Å². The van der Waals surface area contributed by atoms with Crippen LogP contribution in [0.5, 0.6) is 0 Å². The van der Waals surface area contributed by atoms with E-state index in [2.05, 4.69) is 45.1 Å². The highest BCUT2D eigenvalue weighted by Crippen LogP contribution is 2.30. The van der Waals surface area contributed by atoms with Gasteiger partial charge in [0.25, 0.3) is 0 Å². The lowest BCUT2D eigenvalue weighted by Crippen LogP contribution is -2.27. The van der Waals surface area contributed by atoms with E-state index in [9.17, 15) is 0 Å². The van der Waals surface area contributed by atoms with Gasteiger partial charge in [-0.15, -0.1) is 0 Å². The number of rotatable bonds is 3. The fourth-order valence-corrected chi connectivity index (χ4v) is 3.15. The summed E-state index contributed by atoms with van der Waals surface area (Å²) in [6, 6.07) is 4.90. The van der Waals surface area contributed by atoms with Crippen LogP contribution in [0.3, 0.4) is 0 Å². The number of hydrogen-bond acceptors (Lipinski definition) is 1. The Kier molecular flexibility index (Phi) is 4.45. The summed E-state index contributed by atoms with van der Waals surface area (Å²) >= 11 is 0. The van der Waals surface area contributed by atoms with Crippen LogP contribution in [0.25, 0.3) is 0 Å². The van der Waals surface area contributed by atoms with Gasteiger partial charge >= 0.3 is 0 Å². The third-order valence-electron chi connectivity index (χ3n) is 4.13. The van der Waals surface area contributed by atoms with E-state index in [0.29, 0.717) is 0 Å². The number of hydrogen-bond donors (Lipinski definition) is 1. The van der Waals surface area contributed by atoms with Crippen molar-refractivity contribution in [2.75, 3.05) is 13.1 Å². The highest BCUT2D eigenvalue weighted by Gasteiger charge is 2.18. The first-order valence-electron chi connectivity index (χ1n) is 7.38. The summed E-state index contributed by atoms with van der Waals surface area (Å²) in [7, 11) is 0. The van der Waals surface area contributed by atoms with Crippen LogP contribution >= 0.6 is 0 Å². The summed E-state index contributed by atoms with van der Waals surface area (Å²) in [6.45, 7) is 11.5. The molecule has 0 saturated carbocycles. The first-order valence-corrected chi connectivity index (χ1v) is 7.38. The summed E-state index contributed by atoms with van der Waals surface area (Å²) in [5, 5.41) is 3.46. The Morgan fingerprint density at radius 2 is 1.78 bits per heavy atom. The highest BCUT2D eigenvalue weighted by molar-refractivity contribution is 5.39. The third-order valence-corrected chi connectivity index (χ3v) is 4.13. The molecule has 1 N–H and O–H groups in total. The van der Waals surface area contributed by atoms with E-state index in [0.717, 1.165) is 11.8 Å². The second-order valence-electron chi connectivity index (χ2n) is 6.26. The highest BCUT2D eigenvalue weighted by atomic mass is 14.9. The van der Waals surface area contributed by atoms with Crippen molar-refractivity contribution in [3.8, 4) is 0 Å². The predicted molar refractivity (Wildman–Crippen MR) is 79.3 cm³/mol. The van der Waals surface area contributed by atoms with Crippen molar-refractivity contribution < 1.29 is 0 Å². The van der Waals surface area contributed by atoms with Crippen molar-refractivity contribution in [1.82, 2.24) is 5.32 Å². The molecule has 0 unspecified atom stereocenters. The van der Waals surface area contributed by atoms with Crippen molar-refractivity contribution in [2.45, 2.75) is 52.9 Å². The topological polar surface area (TPSA) is 12.0 Å². The molecule has 1 aromatic rings. The van der Waals surface area contributed by atoms with E-state index in [4.69, 9.17) is 0 Å². The number of aryl methyl sites for hydroxylation is 2. The van der Waals surface area contributed by atoms with Crippen LogP contribution in [0.1, 0.15) is 54.9 Å². The minimum atomic E-state index is 0.743. The van der Waals surface area contributed by atoms with Crippen molar-refractivity contribution in [3.05, 3.63) is 34.4 Å². The van der Waals surface area contributed by atoms with Crippen LogP contribution in [-0.2, 0) is 6.42 Å². The van der Waals surface area contributed by atoms with Crippen LogP contribution in [0.2, 0.25) is 0 Å². The lowest BCUT2D eigenvalue weighted by Gasteiger charge is -2.26. The van der Waals surface area contributed by atoms with Gasteiger partial charge < -0.3 is 5.32 Å². The summed E-state index contributed by atoms with van der Waals surface area (Å²) in [4.78, 5) is 0. The van der Waals surface area contributed by atoms with E-state index in [-0.39, 0.29) is 0 Å². The van der Waals surface area contributed by atoms with Crippen molar-refractivity contribution in [2.24, 2.45) is 5.92 Å². The molecule has 0 aromatic heterocycles. The first-order chi connectivity index (χ1) is 8.58. The molecule has 1 heteroatoms. The van der Waals surface area contributed by atoms with Gasteiger partial charge in [0.2, 0.25) is 0 Å². The molecular formula is C17H27N. The second kappa shape index (κ2) is 5.88. The van der Waals surface area contributed by atoms with Gasteiger partial charge in [0.1, 0.15) is 0 Å². The maximum absolute atomic E-state index is 3.46. The van der Waals surface area contributed by atoms with Gasteiger partial charge in [0.15, 0.2) is 0 Å². The molecule has 1 aliphatic heterocycles. The van der Waals surface area contributed by atoms with Crippen molar-refractivity contribution >= 4 is 0 Å².